The Morgan fingerprint density at radius 3 is 2.75 bits per heavy atom. The van der Waals surface area contributed by atoms with Crippen LogP contribution in [0.25, 0.3) is 5.57 Å². The van der Waals surface area contributed by atoms with Crippen LogP contribution in [0.3, 0.4) is 0 Å². The van der Waals surface area contributed by atoms with Crippen LogP contribution < -0.4 is 0 Å². The van der Waals surface area contributed by atoms with Crippen LogP contribution in [0.15, 0.2) is 30.3 Å². The average molecular weight is 178 g/mol. The van der Waals surface area contributed by atoms with Crippen molar-refractivity contribution >= 4 is 17.2 Å². The smallest absolute Gasteiger partial charge is 0.0915 e. The van der Waals surface area contributed by atoms with Crippen LogP contribution in [-0.2, 0) is 0 Å². The van der Waals surface area contributed by atoms with Gasteiger partial charge in [-0.25, -0.2) is 0 Å². The highest BCUT2D eigenvalue weighted by atomic mass is 35.5. The summed E-state index contributed by atoms with van der Waals surface area (Å²) in [7, 11) is 0. The van der Waals surface area contributed by atoms with E-state index in [1.165, 1.54) is 6.08 Å². The average Bonchev–Trinajstić information content (AvgIpc) is 2.05. The Morgan fingerprint density at radius 1 is 1.50 bits per heavy atom. The normalized spacial score (nSPS) is 10.9. The highest BCUT2D eigenvalue weighted by molar-refractivity contribution is 6.32. The van der Waals surface area contributed by atoms with Gasteiger partial charge in [-0.3, -0.25) is 0 Å². The van der Waals surface area contributed by atoms with Crippen LogP contribution in [0.5, 0.6) is 0 Å². The number of hydrogen-bond acceptors (Lipinski definition) is 1. The molecule has 1 nitrogen and oxygen atoms in total. The molecule has 60 valence electrons. The number of rotatable bonds is 1. The van der Waals surface area contributed by atoms with Crippen molar-refractivity contribution in [3.8, 4) is 6.07 Å². The van der Waals surface area contributed by atoms with Gasteiger partial charge >= 0.3 is 0 Å². The molecule has 0 aliphatic carbocycles. The van der Waals surface area contributed by atoms with Crippen molar-refractivity contribution in [2.45, 2.75) is 6.92 Å². The highest BCUT2D eigenvalue weighted by Gasteiger charge is 1.99. The van der Waals surface area contributed by atoms with Gasteiger partial charge in [0, 0.05) is 11.1 Å². The molecule has 0 bridgehead atoms. The van der Waals surface area contributed by atoms with Crippen molar-refractivity contribution in [3.63, 3.8) is 0 Å². The topological polar surface area (TPSA) is 23.8 Å². The van der Waals surface area contributed by atoms with Crippen molar-refractivity contribution in [1.82, 2.24) is 0 Å². The predicted molar refractivity (Wildman–Crippen MR) is 50.7 cm³/mol. The lowest BCUT2D eigenvalue weighted by Crippen LogP contribution is -1.79. The lowest BCUT2D eigenvalue weighted by Gasteiger charge is -2.01. The summed E-state index contributed by atoms with van der Waals surface area (Å²) in [6.45, 7) is 1.87. The summed E-state index contributed by atoms with van der Waals surface area (Å²) in [5.74, 6) is 0. The van der Waals surface area contributed by atoms with Gasteiger partial charge in [0.1, 0.15) is 0 Å². The van der Waals surface area contributed by atoms with Gasteiger partial charge in [0.2, 0.25) is 0 Å². The van der Waals surface area contributed by atoms with Crippen molar-refractivity contribution in [1.29, 1.82) is 5.26 Å². The molecule has 0 aromatic heterocycles. The largest absolute Gasteiger partial charge is 0.193 e. The number of allylic oxidation sites excluding steroid dienone is 2. The molecule has 0 amide bonds. The summed E-state index contributed by atoms with van der Waals surface area (Å²) >= 11 is 5.90. The third-order valence-corrected chi connectivity index (χ3v) is 1.91. The monoisotopic (exact) mass is 177 g/mol. The molecule has 0 atom stereocenters. The van der Waals surface area contributed by atoms with E-state index in [0.29, 0.717) is 5.02 Å². The molecule has 0 N–H and O–H groups in total. The molecule has 0 aliphatic heterocycles. The van der Waals surface area contributed by atoms with Crippen LogP contribution >= 0.6 is 11.6 Å². The minimum atomic E-state index is 0.682. The number of benzene rings is 1. The SMILES string of the molecule is CC(=CC#N)c1ccccc1Cl. The van der Waals surface area contributed by atoms with Crippen molar-refractivity contribution in [3.05, 3.63) is 40.9 Å². The fourth-order valence-electron chi connectivity index (χ4n) is 0.956. The Bertz CT molecular complexity index is 347. The van der Waals surface area contributed by atoms with Crippen molar-refractivity contribution < 1.29 is 0 Å². The lowest BCUT2D eigenvalue weighted by molar-refractivity contribution is 1.52. The van der Waals surface area contributed by atoms with Crippen molar-refractivity contribution in [2.75, 3.05) is 0 Å². The zero-order chi connectivity index (χ0) is 8.97. The zero-order valence-corrected chi connectivity index (χ0v) is 7.47. The molecule has 1 aromatic rings. The number of halogens is 1. The summed E-state index contributed by atoms with van der Waals surface area (Å²) < 4.78 is 0. The standard InChI is InChI=1S/C10H8ClN/c1-8(6-7-12)9-4-2-3-5-10(9)11/h2-6H,1H3. The molecule has 0 saturated heterocycles. The van der Waals surface area contributed by atoms with Crippen LogP contribution in [0, 0.1) is 11.3 Å². The predicted octanol–water partition coefficient (Wildman–Crippen LogP) is 3.27. The first-order valence-electron chi connectivity index (χ1n) is 3.57. The Morgan fingerprint density at radius 2 is 2.17 bits per heavy atom. The van der Waals surface area contributed by atoms with Gasteiger partial charge in [0.05, 0.1) is 6.07 Å². The molecule has 2 heteroatoms. The number of nitriles is 1. The summed E-state index contributed by atoms with van der Waals surface area (Å²) in [4.78, 5) is 0. The molecule has 0 unspecified atom stereocenters. The van der Waals surface area contributed by atoms with Gasteiger partial charge in [-0.2, -0.15) is 5.26 Å². The van der Waals surface area contributed by atoms with E-state index in [1.807, 2.05) is 37.3 Å². The van der Waals surface area contributed by atoms with Crippen molar-refractivity contribution in [2.24, 2.45) is 0 Å². The maximum Gasteiger partial charge on any atom is 0.0915 e. The van der Waals surface area contributed by atoms with E-state index in [0.717, 1.165) is 11.1 Å². The summed E-state index contributed by atoms with van der Waals surface area (Å²) in [6, 6.07) is 9.44. The van der Waals surface area contributed by atoms with E-state index in [-0.39, 0.29) is 0 Å². The molecule has 0 spiro atoms. The van der Waals surface area contributed by atoms with Crippen LogP contribution in [-0.4, -0.2) is 0 Å². The molecular weight excluding hydrogens is 170 g/mol. The number of hydrogen-bond donors (Lipinski definition) is 0. The fourth-order valence-corrected chi connectivity index (χ4v) is 1.24. The van der Waals surface area contributed by atoms with Crippen LogP contribution in [0.2, 0.25) is 5.02 Å². The maximum absolute atomic E-state index is 8.42. The summed E-state index contributed by atoms with van der Waals surface area (Å²) in [5.41, 5.74) is 1.81. The van der Waals surface area contributed by atoms with Gasteiger partial charge < -0.3 is 0 Å². The second-order valence-corrected chi connectivity index (χ2v) is 2.84. The van der Waals surface area contributed by atoms with Gasteiger partial charge in [-0.1, -0.05) is 29.8 Å². The van der Waals surface area contributed by atoms with E-state index in [9.17, 15) is 0 Å². The van der Waals surface area contributed by atoms with Gasteiger partial charge in [0.25, 0.3) is 0 Å². The zero-order valence-electron chi connectivity index (χ0n) is 6.71. The third kappa shape index (κ3) is 1.87. The Labute approximate surface area is 76.9 Å². The Hall–Kier alpha value is -1.26. The van der Waals surface area contributed by atoms with E-state index in [4.69, 9.17) is 16.9 Å². The van der Waals surface area contributed by atoms with E-state index < -0.39 is 0 Å². The first-order valence-corrected chi connectivity index (χ1v) is 3.95. The summed E-state index contributed by atoms with van der Waals surface area (Å²) in [6.07, 6.45) is 1.49. The van der Waals surface area contributed by atoms with E-state index in [2.05, 4.69) is 0 Å². The second kappa shape index (κ2) is 3.94. The first-order chi connectivity index (χ1) is 5.75. The van der Waals surface area contributed by atoms with Gasteiger partial charge in [-0.15, -0.1) is 0 Å². The highest BCUT2D eigenvalue weighted by Crippen LogP contribution is 2.22. The fraction of sp³-hybridized carbons (Fsp3) is 0.100. The molecule has 0 radical (unpaired) electrons. The molecule has 0 saturated carbocycles. The lowest BCUT2D eigenvalue weighted by atomic mass is 10.1. The molecule has 12 heavy (non-hydrogen) atoms. The molecule has 1 rings (SSSR count). The molecular formula is C10H8ClN. The maximum atomic E-state index is 8.42. The van der Waals surface area contributed by atoms with Gasteiger partial charge in [-0.05, 0) is 24.1 Å². The Kier molecular flexibility index (Phi) is 2.90. The van der Waals surface area contributed by atoms with Crippen LogP contribution in [0.1, 0.15) is 12.5 Å². The molecule has 0 fully saturated rings. The quantitative estimate of drug-likeness (QED) is 0.604. The third-order valence-electron chi connectivity index (χ3n) is 1.58. The van der Waals surface area contributed by atoms with Gasteiger partial charge in [0.15, 0.2) is 0 Å². The Balaban J connectivity index is 3.13. The molecule has 0 heterocycles. The first kappa shape index (κ1) is 8.83. The van der Waals surface area contributed by atoms with Crippen LogP contribution in [0.4, 0.5) is 0 Å². The minimum Gasteiger partial charge on any atom is -0.193 e. The second-order valence-electron chi connectivity index (χ2n) is 2.44. The molecule has 1 aromatic carbocycles. The number of nitrogens with zero attached hydrogens (tertiary/aromatic N) is 1. The molecule has 0 aliphatic rings. The van der Waals surface area contributed by atoms with E-state index >= 15 is 0 Å². The minimum absolute atomic E-state index is 0.682. The summed E-state index contributed by atoms with van der Waals surface area (Å²) in [5, 5.41) is 9.10. The van der Waals surface area contributed by atoms with E-state index in [1.54, 1.807) is 0 Å².